The molecule has 0 radical (unpaired) electrons. The minimum atomic E-state index is -0.497. The van der Waals surface area contributed by atoms with E-state index in [4.69, 9.17) is 4.74 Å². The molecule has 2 aliphatic rings. The summed E-state index contributed by atoms with van der Waals surface area (Å²) in [6.07, 6.45) is 8.53. The molecule has 0 aromatic carbocycles. The summed E-state index contributed by atoms with van der Waals surface area (Å²) in [7, 11) is 0. The molecule has 2 fully saturated rings. The largest absolute Gasteiger partial charge is 0.444 e. The van der Waals surface area contributed by atoms with E-state index in [9.17, 15) is 9.59 Å². The average molecular weight is 355 g/mol. The van der Waals surface area contributed by atoms with Gasteiger partial charge in [0.15, 0.2) is 5.78 Å². The average Bonchev–Trinajstić information content (AvgIpc) is 3.14. The van der Waals surface area contributed by atoms with Crippen molar-refractivity contribution in [1.29, 1.82) is 0 Å². The van der Waals surface area contributed by atoms with Gasteiger partial charge in [0.25, 0.3) is 0 Å². The lowest BCUT2D eigenvalue weighted by molar-refractivity contribution is 0.00254. The first-order valence-electron chi connectivity index (χ1n) is 9.30. The van der Waals surface area contributed by atoms with Crippen molar-refractivity contribution >= 4 is 17.5 Å². The van der Waals surface area contributed by atoms with Crippen LogP contribution in [0, 0.1) is 5.92 Å². The molecule has 2 bridgehead atoms. The Morgan fingerprint density at radius 2 is 1.85 bits per heavy atom. The molecule has 0 saturated carbocycles. The molecule has 26 heavy (non-hydrogen) atoms. The number of imidazole rings is 1. The molecule has 1 amide bonds. The van der Waals surface area contributed by atoms with Gasteiger partial charge in [-0.05, 0) is 58.6 Å². The number of piperidine rings is 1. The molecule has 0 N–H and O–H groups in total. The number of Topliss-reactive ketones (excluding diaryl/α,β-unsaturated/α-hetero) is 1. The third kappa shape index (κ3) is 3.08. The second kappa shape index (κ2) is 6.11. The summed E-state index contributed by atoms with van der Waals surface area (Å²) in [4.78, 5) is 31.7. The van der Waals surface area contributed by atoms with E-state index in [0.717, 1.165) is 31.3 Å². The van der Waals surface area contributed by atoms with Gasteiger partial charge in [-0.3, -0.25) is 4.79 Å². The Labute approximate surface area is 153 Å². The molecule has 2 saturated heterocycles. The number of fused-ring (bicyclic) bond motifs is 3. The molecule has 6 nitrogen and oxygen atoms in total. The zero-order valence-corrected chi connectivity index (χ0v) is 15.5. The van der Waals surface area contributed by atoms with Crippen LogP contribution in [0.3, 0.4) is 0 Å². The fourth-order valence-corrected chi connectivity index (χ4v) is 4.31. The van der Waals surface area contributed by atoms with Gasteiger partial charge in [0.1, 0.15) is 11.2 Å². The quantitative estimate of drug-likeness (QED) is 0.771. The second-order valence-corrected chi connectivity index (χ2v) is 8.42. The summed E-state index contributed by atoms with van der Waals surface area (Å²) in [5.74, 6) is 0.133. The van der Waals surface area contributed by atoms with Gasteiger partial charge in [-0.2, -0.15) is 0 Å². The van der Waals surface area contributed by atoms with E-state index in [2.05, 4.69) is 4.98 Å². The maximum Gasteiger partial charge on any atom is 0.410 e. The van der Waals surface area contributed by atoms with Gasteiger partial charge in [0.05, 0.1) is 0 Å². The Kier molecular flexibility index (Phi) is 4.01. The standard InChI is InChI=1S/C20H25N3O3/c1-20(2,3)26-19(25)23-15-5-6-16(23)11-14(10-15)18(24)13-4-7-17-21-8-9-22(17)12-13/h4,7-9,12,14-16H,5-6,10-11H2,1-3H3. The van der Waals surface area contributed by atoms with Crippen LogP contribution in [-0.4, -0.2) is 43.8 Å². The predicted molar refractivity (Wildman–Crippen MR) is 97.1 cm³/mol. The summed E-state index contributed by atoms with van der Waals surface area (Å²) >= 11 is 0. The van der Waals surface area contributed by atoms with Crippen molar-refractivity contribution in [3.05, 3.63) is 36.3 Å². The number of ketones is 1. The first kappa shape index (κ1) is 17.1. The van der Waals surface area contributed by atoms with Crippen LogP contribution in [0.2, 0.25) is 0 Å². The lowest BCUT2D eigenvalue weighted by Gasteiger charge is -2.39. The maximum atomic E-state index is 13.0. The van der Waals surface area contributed by atoms with Crippen LogP contribution in [0.4, 0.5) is 4.79 Å². The summed E-state index contributed by atoms with van der Waals surface area (Å²) in [6.45, 7) is 5.65. The normalized spacial score (nSPS) is 25.5. The van der Waals surface area contributed by atoms with Gasteiger partial charge < -0.3 is 14.0 Å². The van der Waals surface area contributed by atoms with Crippen LogP contribution in [0.25, 0.3) is 5.65 Å². The predicted octanol–water partition coefficient (Wildman–Crippen LogP) is 3.70. The van der Waals surface area contributed by atoms with Crippen molar-refractivity contribution in [2.24, 2.45) is 5.92 Å². The van der Waals surface area contributed by atoms with Crippen LogP contribution >= 0.6 is 0 Å². The maximum absolute atomic E-state index is 13.0. The highest BCUT2D eigenvalue weighted by molar-refractivity contribution is 5.98. The molecule has 2 aromatic heterocycles. The number of pyridine rings is 1. The first-order valence-corrected chi connectivity index (χ1v) is 9.30. The minimum absolute atomic E-state index is 0.0350. The van der Waals surface area contributed by atoms with Crippen molar-refractivity contribution in [2.45, 2.75) is 64.1 Å². The number of aromatic nitrogens is 2. The van der Waals surface area contributed by atoms with Crippen LogP contribution in [0.15, 0.2) is 30.7 Å². The van der Waals surface area contributed by atoms with Gasteiger partial charge in [-0.1, -0.05) is 0 Å². The molecule has 4 heterocycles. The van der Waals surface area contributed by atoms with Crippen molar-refractivity contribution < 1.29 is 14.3 Å². The van der Waals surface area contributed by atoms with Crippen LogP contribution in [0.1, 0.15) is 56.8 Å². The lowest BCUT2D eigenvalue weighted by atomic mass is 9.85. The number of amides is 1. The van der Waals surface area contributed by atoms with Crippen LogP contribution in [0.5, 0.6) is 0 Å². The van der Waals surface area contributed by atoms with Gasteiger partial charge >= 0.3 is 6.09 Å². The topological polar surface area (TPSA) is 63.9 Å². The van der Waals surface area contributed by atoms with Crippen LogP contribution < -0.4 is 0 Å². The highest BCUT2D eigenvalue weighted by atomic mass is 16.6. The molecule has 2 atom stereocenters. The number of carbonyl (C=O) groups excluding carboxylic acids is 2. The summed E-state index contributed by atoms with van der Waals surface area (Å²) in [5.41, 5.74) is 1.05. The number of carbonyl (C=O) groups is 2. The zero-order chi connectivity index (χ0) is 18.5. The molecule has 4 rings (SSSR count). The fraction of sp³-hybridized carbons (Fsp3) is 0.550. The number of hydrogen-bond acceptors (Lipinski definition) is 4. The van der Waals surface area contributed by atoms with E-state index in [1.165, 1.54) is 0 Å². The molecular weight excluding hydrogens is 330 g/mol. The Balaban J connectivity index is 1.49. The Bertz CT molecular complexity index is 837. The van der Waals surface area contributed by atoms with Crippen molar-refractivity contribution in [3.8, 4) is 0 Å². The SMILES string of the molecule is CC(C)(C)OC(=O)N1C2CCC1CC(C(=O)c1ccc3nccn3c1)C2. The Morgan fingerprint density at radius 1 is 1.15 bits per heavy atom. The van der Waals surface area contributed by atoms with Gasteiger partial charge in [0.2, 0.25) is 0 Å². The molecular formula is C20H25N3O3. The molecule has 138 valence electrons. The smallest absolute Gasteiger partial charge is 0.410 e. The van der Waals surface area contributed by atoms with E-state index < -0.39 is 5.60 Å². The monoisotopic (exact) mass is 355 g/mol. The van der Waals surface area contributed by atoms with E-state index in [1.54, 1.807) is 6.20 Å². The minimum Gasteiger partial charge on any atom is -0.444 e. The van der Waals surface area contributed by atoms with Gasteiger partial charge in [-0.15, -0.1) is 0 Å². The lowest BCUT2D eigenvalue weighted by Crippen LogP contribution is -2.49. The van der Waals surface area contributed by atoms with Crippen molar-refractivity contribution in [2.75, 3.05) is 0 Å². The molecule has 2 aliphatic heterocycles. The third-order valence-electron chi connectivity index (χ3n) is 5.38. The number of rotatable bonds is 2. The number of nitrogens with zero attached hydrogens (tertiary/aromatic N) is 3. The highest BCUT2D eigenvalue weighted by Gasteiger charge is 2.46. The summed E-state index contributed by atoms with van der Waals surface area (Å²) < 4.78 is 7.44. The van der Waals surface area contributed by atoms with Crippen molar-refractivity contribution in [1.82, 2.24) is 14.3 Å². The molecule has 0 spiro atoms. The highest BCUT2D eigenvalue weighted by Crippen LogP contribution is 2.40. The van der Waals surface area contributed by atoms with Crippen LogP contribution in [-0.2, 0) is 4.74 Å². The molecule has 0 aliphatic carbocycles. The first-order chi connectivity index (χ1) is 12.3. The molecule has 2 aromatic rings. The summed E-state index contributed by atoms with van der Waals surface area (Å²) in [6, 6.07) is 3.94. The van der Waals surface area contributed by atoms with E-state index in [0.29, 0.717) is 5.56 Å². The van der Waals surface area contributed by atoms with Gasteiger partial charge in [-0.25, -0.2) is 9.78 Å². The third-order valence-corrected chi connectivity index (χ3v) is 5.38. The Hall–Kier alpha value is -2.37. The second-order valence-electron chi connectivity index (χ2n) is 8.42. The molecule has 6 heteroatoms. The Morgan fingerprint density at radius 3 is 2.50 bits per heavy atom. The number of hydrogen-bond donors (Lipinski definition) is 0. The van der Waals surface area contributed by atoms with E-state index >= 15 is 0 Å². The van der Waals surface area contributed by atoms with E-state index in [-0.39, 0.29) is 29.9 Å². The van der Waals surface area contributed by atoms with Gasteiger partial charge in [0, 0.05) is 42.2 Å². The fourth-order valence-electron chi connectivity index (χ4n) is 4.31. The zero-order valence-electron chi connectivity index (χ0n) is 15.5. The molecule has 2 unspecified atom stereocenters. The summed E-state index contributed by atoms with van der Waals surface area (Å²) in [5, 5.41) is 0. The van der Waals surface area contributed by atoms with E-state index in [1.807, 2.05) is 54.6 Å². The number of ether oxygens (including phenoxy) is 1. The van der Waals surface area contributed by atoms with Crippen molar-refractivity contribution in [3.63, 3.8) is 0 Å².